The van der Waals surface area contributed by atoms with E-state index in [-0.39, 0.29) is 0 Å². The fourth-order valence-corrected chi connectivity index (χ4v) is 3.76. The molecule has 0 bridgehead atoms. The molecule has 1 aliphatic rings. The molecule has 2 aromatic carbocycles. The molecule has 1 aliphatic heterocycles. The van der Waals surface area contributed by atoms with Gasteiger partial charge in [0.2, 0.25) is 16.8 Å². The Morgan fingerprint density at radius 2 is 1.84 bits per heavy atom. The van der Waals surface area contributed by atoms with E-state index < -0.39 is 6.23 Å². The lowest BCUT2D eigenvalue weighted by Crippen LogP contribution is -2.17. The second-order valence-electron chi connectivity index (χ2n) is 6.49. The van der Waals surface area contributed by atoms with E-state index in [1.165, 1.54) is 11.8 Å². The van der Waals surface area contributed by atoms with E-state index in [9.17, 15) is 0 Å². The van der Waals surface area contributed by atoms with Gasteiger partial charge in [-0.3, -0.25) is 0 Å². The van der Waals surface area contributed by atoms with Crippen molar-refractivity contribution in [2.24, 2.45) is 0 Å². The predicted octanol–water partition coefficient (Wildman–Crippen LogP) is 4.35. The average Bonchev–Trinajstić information content (AvgIpc) is 2.98. The van der Waals surface area contributed by atoms with Gasteiger partial charge < -0.3 is 24.3 Å². The molecule has 0 aliphatic carbocycles. The maximum Gasteiger partial charge on any atom is 0.247 e. The molecule has 0 amide bonds. The summed E-state index contributed by atoms with van der Waals surface area (Å²) in [5.74, 6) is 2.63. The molecular formula is C22H22N4O4S. The van der Waals surface area contributed by atoms with Crippen LogP contribution in [0.4, 0.5) is 5.69 Å². The van der Waals surface area contributed by atoms with Crippen molar-refractivity contribution in [3.05, 3.63) is 54.6 Å². The summed E-state index contributed by atoms with van der Waals surface area (Å²) in [6, 6.07) is 11.5. The summed E-state index contributed by atoms with van der Waals surface area (Å²) in [4.78, 5) is 4.60. The third-order valence-corrected chi connectivity index (χ3v) is 5.49. The molecule has 160 valence electrons. The quantitative estimate of drug-likeness (QED) is 0.427. The number of aromatic nitrogens is 3. The molecule has 1 N–H and O–H groups in total. The van der Waals surface area contributed by atoms with Crippen LogP contribution in [0, 0.1) is 0 Å². The first-order chi connectivity index (χ1) is 15.2. The molecule has 0 saturated heterocycles. The molecule has 1 aromatic heterocycles. The number of fused-ring (bicyclic) bond motifs is 3. The van der Waals surface area contributed by atoms with Crippen molar-refractivity contribution < 1.29 is 18.9 Å². The second kappa shape index (κ2) is 9.13. The number of nitrogens with zero attached hydrogens (tertiary/aromatic N) is 3. The van der Waals surface area contributed by atoms with Gasteiger partial charge in [-0.25, -0.2) is 0 Å². The number of methoxy groups -OCH3 is 3. The fraction of sp³-hybridized carbons (Fsp3) is 0.227. The van der Waals surface area contributed by atoms with Gasteiger partial charge in [0.15, 0.2) is 23.4 Å². The molecule has 1 atom stereocenters. The smallest absolute Gasteiger partial charge is 0.247 e. The molecule has 0 fully saturated rings. The molecule has 31 heavy (non-hydrogen) atoms. The van der Waals surface area contributed by atoms with Gasteiger partial charge in [-0.1, -0.05) is 36.0 Å². The highest BCUT2D eigenvalue weighted by atomic mass is 32.2. The Hall–Kier alpha value is -3.46. The van der Waals surface area contributed by atoms with Crippen LogP contribution in [0.25, 0.3) is 11.3 Å². The van der Waals surface area contributed by atoms with Crippen LogP contribution in [0.3, 0.4) is 0 Å². The Bertz CT molecular complexity index is 1080. The van der Waals surface area contributed by atoms with Gasteiger partial charge in [0, 0.05) is 22.6 Å². The van der Waals surface area contributed by atoms with Gasteiger partial charge in [0.1, 0.15) is 0 Å². The van der Waals surface area contributed by atoms with Crippen LogP contribution < -0.4 is 24.3 Å². The maximum absolute atomic E-state index is 6.30. The number of nitrogens with one attached hydrogen (secondary N) is 1. The van der Waals surface area contributed by atoms with Crippen molar-refractivity contribution in [2.75, 3.05) is 32.4 Å². The number of hydrogen-bond donors (Lipinski definition) is 1. The lowest BCUT2D eigenvalue weighted by atomic mass is 10.1. The zero-order valence-electron chi connectivity index (χ0n) is 17.4. The summed E-state index contributed by atoms with van der Waals surface area (Å²) in [6.07, 6.45) is 1.21. The van der Waals surface area contributed by atoms with E-state index in [2.05, 4.69) is 27.1 Å². The Morgan fingerprint density at radius 3 is 2.52 bits per heavy atom. The van der Waals surface area contributed by atoms with E-state index in [0.717, 1.165) is 16.8 Å². The summed E-state index contributed by atoms with van der Waals surface area (Å²) < 4.78 is 22.8. The molecule has 9 heteroatoms. The minimum atomic E-state index is -0.579. The van der Waals surface area contributed by atoms with Crippen molar-refractivity contribution in [1.29, 1.82) is 0 Å². The zero-order chi connectivity index (χ0) is 21.8. The van der Waals surface area contributed by atoms with Crippen LogP contribution in [0.15, 0.2) is 54.2 Å². The number of rotatable bonds is 7. The average molecular weight is 439 g/mol. The van der Waals surface area contributed by atoms with Crippen molar-refractivity contribution in [3.63, 3.8) is 0 Å². The summed E-state index contributed by atoms with van der Waals surface area (Å²) in [6.45, 7) is 3.73. The molecule has 0 radical (unpaired) electrons. The molecule has 0 spiro atoms. The standard InChI is InChI=1S/C22H22N4O4S/c1-5-10-31-22-24-21-18(25-26-22)14-8-6-7-9-15(14)23-20(30-21)13-11-16(27-2)19(29-4)17(12-13)28-3/h5-9,11-12,20,23H,1,10H2,2-4H3/t20-/m0/s1. The van der Waals surface area contributed by atoms with Crippen LogP contribution >= 0.6 is 11.8 Å². The molecule has 0 saturated carbocycles. The summed E-state index contributed by atoms with van der Waals surface area (Å²) in [5, 5.41) is 12.6. The molecule has 0 unspecified atom stereocenters. The molecule has 3 aromatic rings. The van der Waals surface area contributed by atoms with Crippen molar-refractivity contribution in [3.8, 4) is 34.4 Å². The van der Waals surface area contributed by atoms with Crippen molar-refractivity contribution in [2.45, 2.75) is 11.4 Å². The minimum absolute atomic E-state index is 0.387. The van der Waals surface area contributed by atoms with Gasteiger partial charge in [-0.05, 0) is 18.2 Å². The zero-order valence-corrected chi connectivity index (χ0v) is 18.2. The second-order valence-corrected chi connectivity index (χ2v) is 7.48. The Kier molecular flexibility index (Phi) is 6.13. The van der Waals surface area contributed by atoms with Gasteiger partial charge in [0.25, 0.3) is 0 Å². The van der Waals surface area contributed by atoms with Crippen molar-refractivity contribution >= 4 is 17.4 Å². The van der Waals surface area contributed by atoms with Gasteiger partial charge >= 0.3 is 0 Å². The number of thioether (sulfide) groups is 1. The Morgan fingerprint density at radius 1 is 1.10 bits per heavy atom. The van der Waals surface area contributed by atoms with E-state index >= 15 is 0 Å². The highest BCUT2D eigenvalue weighted by Crippen LogP contribution is 2.43. The van der Waals surface area contributed by atoms with Crippen LogP contribution in [0.5, 0.6) is 23.1 Å². The predicted molar refractivity (Wildman–Crippen MR) is 119 cm³/mol. The first kappa shape index (κ1) is 20.8. The van der Waals surface area contributed by atoms with E-state index in [1.54, 1.807) is 27.4 Å². The number of hydrogen-bond acceptors (Lipinski definition) is 9. The van der Waals surface area contributed by atoms with Gasteiger partial charge in [-0.15, -0.1) is 16.8 Å². The third kappa shape index (κ3) is 4.09. The number of para-hydroxylation sites is 1. The maximum atomic E-state index is 6.30. The topological polar surface area (TPSA) is 87.6 Å². The first-order valence-electron chi connectivity index (χ1n) is 9.49. The normalized spacial score (nSPS) is 14.2. The van der Waals surface area contributed by atoms with Crippen LogP contribution in [-0.4, -0.2) is 42.3 Å². The number of anilines is 1. The lowest BCUT2D eigenvalue weighted by Gasteiger charge is -2.21. The number of benzene rings is 2. The van der Waals surface area contributed by atoms with E-state index in [4.69, 9.17) is 18.9 Å². The molecule has 4 rings (SSSR count). The van der Waals surface area contributed by atoms with Crippen LogP contribution in [0.1, 0.15) is 11.8 Å². The molecular weight excluding hydrogens is 416 g/mol. The van der Waals surface area contributed by atoms with Gasteiger partial charge in [0.05, 0.1) is 21.3 Å². The van der Waals surface area contributed by atoms with E-state index in [1.807, 2.05) is 36.4 Å². The highest BCUT2D eigenvalue weighted by molar-refractivity contribution is 7.99. The SMILES string of the molecule is C=CCSc1nnc2c(n1)O[C@@H](c1cc(OC)c(OC)c(OC)c1)Nc1ccccc1-2. The minimum Gasteiger partial charge on any atom is -0.493 e. The summed E-state index contributed by atoms with van der Waals surface area (Å²) >= 11 is 1.44. The third-order valence-electron chi connectivity index (χ3n) is 4.65. The largest absolute Gasteiger partial charge is 0.493 e. The van der Waals surface area contributed by atoms with Crippen molar-refractivity contribution in [1.82, 2.24) is 15.2 Å². The molecule has 8 nitrogen and oxygen atoms in total. The Balaban J connectivity index is 1.82. The van der Waals surface area contributed by atoms with Crippen LogP contribution in [-0.2, 0) is 0 Å². The first-order valence-corrected chi connectivity index (χ1v) is 10.5. The summed E-state index contributed by atoms with van der Waals surface area (Å²) in [7, 11) is 4.72. The summed E-state index contributed by atoms with van der Waals surface area (Å²) in [5.41, 5.74) is 3.05. The van der Waals surface area contributed by atoms with E-state index in [0.29, 0.717) is 39.7 Å². The number of ether oxygens (including phenoxy) is 4. The monoisotopic (exact) mass is 438 g/mol. The Labute approximate surface area is 184 Å². The fourth-order valence-electron chi connectivity index (χ4n) is 3.25. The highest BCUT2D eigenvalue weighted by Gasteiger charge is 2.28. The van der Waals surface area contributed by atoms with Gasteiger partial charge in [-0.2, -0.15) is 4.98 Å². The van der Waals surface area contributed by atoms with Crippen LogP contribution in [0.2, 0.25) is 0 Å². The lowest BCUT2D eigenvalue weighted by molar-refractivity contribution is 0.223. The molecule has 2 heterocycles.